The fourth-order valence-electron chi connectivity index (χ4n) is 2.87. The highest BCUT2D eigenvalue weighted by molar-refractivity contribution is 6.31. The second-order valence-electron chi connectivity index (χ2n) is 6.39. The van der Waals surface area contributed by atoms with Crippen LogP contribution in [0.2, 0.25) is 5.02 Å². The van der Waals surface area contributed by atoms with Crippen LogP contribution in [0, 0.1) is 0 Å². The van der Waals surface area contributed by atoms with Crippen molar-refractivity contribution in [2.45, 2.75) is 32.7 Å². The number of carbonyl (C=O) groups is 1. The molecule has 7 heteroatoms. The first-order valence-corrected chi connectivity index (χ1v) is 8.56. The zero-order valence-electron chi connectivity index (χ0n) is 14.2. The lowest BCUT2D eigenvalue weighted by Gasteiger charge is -2.20. The van der Waals surface area contributed by atoms with Gasteiger partial charge in [0.05, 0.1) is 11.2 Å². The Morgan fingerprint density at radius 3 is 2.71 bits per heavy atom. The maximum absolute atomic E-state index is 12.7. The molecule has 24 heavy (non-hydrogen) atoms. The summed E-state index contributed by atoms with van der Waals surface area (Å²) < 4.78 is 3.63. The minimum Gasteiger partial charge on any atom is -0.345 e. The third-order valence-electron chi connectivity index (χ3n) is 4.29. The predicted molar refractivity (Wildman–Crippen MR) is 93.9 cm³/mol. The first-order valence-electron chi connectivity index (χ1n) is 8.18. The zero-order valence-corrected chi connectivity index (χ0v) is 15.0. The fraction of sp³-hybridized carbons (Fsp3) is 0.471. The Kier molecular flexibility index (Phi) is 4.76. The van der Waals surface area contributed by atoms with Crippen LogP contribution in [0.5, 0.6) is 0 Å². The highest BCUT2D eigenvalue weighted by Gasteiger charge is 2.21. The van der Waals surface area contributed by atoms with Crippen LogP contribution in [0.4, 0.5) is 0 Å². The van der Waals surface area contributed by atoms with E-state index in [0.29, 0.717) is 23.8 Å². The minimum atomic E-state index is 0.0184. The second-order valence-corrected chi connectivity index (χ2v) is 6.83. The summed E-state index contributed by atoms with van der Waals surface area (Å²) in [6.45, 7) is 5.52. The molecule has 0 saturated heterocycles. The van der Waals surface area contributed by atoms with Crippen LogP contribution >= 0.6 is 11.6 Å². The molecule has 0 fully saturated rings. The van der Waals surface area contributed by atoms with Crippen molar-refractivity contribution in [2.24, 2.45) is 7.05 Å². The van der Waals surface area contributed by atoms with Gasteiger partial charge in [0.2, 0.25) is 0 Å². The standard InChI is InChI=1S/C17H22ClN5O/c1-12(2)23-11-15(19-20-23)13-5-4-7-22(8-6-13)17(24)16-9-14(18)10-21(16)3/h5,9-12H,4,6-8H2,1-3H3. The number of nitrogens with zero attached hydrogens (tertiary/aromatic N) is 5. The average molecular weight is 348 g/mol. The Labute approximate surface area is 146 Å². The lowest BCUT2D eigenvalue weighted by atomic mass is 10.1. The van der Waals surface area contributed by atoms with Crippen molar-refractivity contribution < 1.29 is 4.79 Å². The Hall–Kier alpha value is -2.08. The van der Waals surface area contributed by atoms with Crippen molar-refractivity contribution in [1.29, 1.82) is 0 Å². The van der Waals surface area contributed by atoms with Gasteiger partial charge in [0.1, 0.15) is 11.4 Å². The van der Waals surface area contributed by atoms with Gasteiger partial charge in [-0.15, -0.1) is 5.10 Å². The van der Waals surface area contributed by atoms with E-state index < -0.39 is 0 Å². The average Bonchev–Trinajstić information content (AvgIpc) is 3.06. The summed E-state index contributed by atoms with van der Waals surface area (Å²) in [5, 5.41) is 9.02. The van der Waals surface area contributed by atoms with Gasteiger partial charge in [-0.3, -0.25) is 4.79 Å². The number of amides is 1. The Morgan fingerprint density at radius 1 is 1.29 bits per heavy atom. The van der Waals surface area contributed by atoms with E-state index in [1.165, 1.54) is 0 Å². The Balaban J connectivity index is 1.70. The number of halogens is 1. The summed E-state index contributed by atoms with van der Waals surface area (Å²) in [6.07, 6.45) is 7.49. The number of aromatic nitrogens is 4. The van der Waals surface area contributed by atoms with Crippen molar-refractivity contribution in [3.8, 4) is 0 Å². The van der Waals surface area contributed by atoms with Gasteiger partial charge >= 0.3 is 0 Å². The van der Waals surface area contributed by atoms with Crippen molar-refractivity contribution in [1.82, 2.24) is 24.5 Å². The first-order chi connectivity index (χ1) is 11.5. The molecular formula is C17H22ClN5O. The van der Waals surface area contributed by atoms with E-state index in [4.69, 9.17) is 11.6 Å². The van der Waals surface area contributed by atoms with E-state index in [0.717, 1.165) is 24.1 Å². The Bertz CT molecular complexity index is 774. The molecule has 3 rings (SSSR count). The molecule has 128 valence electrons. The van der Waals surface area contributed by atoms with Gasteiger partial charge in [0.25, 0.3) is 5.91 Å². The number of rotatable bonds is 3. The van der Waals surface area contributed by atoms with E-state index in [2.05, 4.69) is 30.2 Å². The quantitative estimate of drug-likeness (QED) is 0.856. The minimum absolute atomic E-state index is 0.0184. The van der Waals surface area contributed by atoms with Crippen LogP contribution in [-0.4, -0.2) is 43.5 Å². The molecule has 0 N–H and O–H groups in total. The maximum Gasteiger partial charge on any atom is 0.270 e. The van der Waals surface area contributed by atoms with Gasteiger partial charge in [-0.25, -0.2) is 4.68 Å². The number of aryl methyl sites for hydroxylation is 1. The monoisotopic (exact) mass is 347 g/mol. The third-order valence-corrected chi connectivity index (χ3v) is 4.49. The van der Waals surface area contributed by atoms with Crippen molar-refractivity contribution in [2.75, 3.05) is 13.1 Å². The third kappa shape index (κ3) is 3.38. The van der Waals surface area contributed by atoms with Crippen LogP contribution < -0.4 is 0 Å². The van der Waals surface area contributed by atoms with Crippen molar-refractivity contribution in [3.05, 3.63) is 40.9 Å². The lowest BCUT2D eigenvalue weighted by Crippen LogP contribution is -2.33. The first kappa shape index (κ1) is 16.8. The number of hydrogen-bond donors (Lipinski definition) is 0. The van der Waals surface area contributed by atoms with E-state index in [-0.39, 0.29) is 11.9 Å². The van der Waals surface area contributed by atoms with Crippen LogP contribution in [0.1, 0.15) is 48.9 Å². The largest absolute Gasteiger partial charge is 0.345 e. The predicted octanol–water partition coefficient (Wildman–Crippen LogP) is 3.17. The molecule has 1 aliphatic heterocycles. The van der Waals surface area contributed by atoms with Crippen LogP contribution in [-0.2, 0) is 7.05 Å². The second kappa shape index (κ2) is 6.81. The molecule has 0 spiro atoms. The summed E-state index contributed by atoms with van der Waals surface area (Å²) in [5.41, 5.74) is 2.68. The lowest BCUT2D eigenvalue weighted by molar-refractivity contribution is 0.0755. The summed E-state index contributed by atoms with van der Waals surface area (Å²) in [6, 6.07) is 2.01. The molecule has 1 amide bonds. The fourth-order valence-corrected chi connectivity index (χ4v) is 3.12. The van der Waals surface area contributed by atoms with E-state index in [1.807, 2.05) is 22.8 Å². The molecular weight excluding hydrogens is 326 g/mol. The van der Waals surface area contributed by atoms with Crippen LogP contribution in [0.25, 0.3) is 5.57 Å². The molecule has 6 nitrogen and oxygen atoms in total. The molecule has 0 bridgehead atoms. The van der Waals surface area contributed by atoms with Crippen LogP contribution in [0.3, 0.4) is 0 Å². The highest BCUT2D eigenvalue weighted by atomic mass is 35.5. The molecule has 0 aromatic carbocycles. The van der Waals surface area contributed by atoms with Crippen LogP contribution in [0.15, 0.2) is 24.5 Å². The van der Waals surface area contributed by atoms with Gasteiger partial charge in [-0.05, 0) is 38.3 Å². The van der Waals surface area contributed by atoms with E-state index in [1.54, 1.807) is 16.8 Å². The molecule has 3 heterocycles. The highest BCUT2D eigenvalue weighted by Crippen LogP contribution is 2.23. The summed E-state index contributed by atoms with van der Waals surface area (Å²) in [7, 11) is 1.84. The molecule has 1 aliphatic rings. The molecule has 0 atom stereocenters. The van der Waals surface area contributed by atoms with Crippen molar-refractivity contribution in [3.63, 3.8) is 0 Å². The summed E-state index contributed by atoms with van der Waals surface area (Å²) >= 11 is 5.99. The number of carbonyl (C=O) groups excluding carboxylic acids is 1. The molecule has 0 saturated carbocycles. The van der Waals surface area contributed by atoms with E-state index >= 15 is 0 Å². The van der Waals surface area contributed by atoms with Gasteiger partial charge in [0, 0.05) is 32.4 Å². The number of hydrogen-bond acceptors (Lipinski definition) is 3. The summed E-state index contributed by atoms with van der Waals surface area (Å²) in [4.78, 5) is 14.6. The summed E-state index contributed by atoms with van der Waals surface area (Å²) in [5.74, 6) is 0.0184. The van der Waals surface area contributed by atoms with Gasteiger partial charge < -0.3 is 9.47 Å². The van der Waals surface area contributed by atoms with Gasteiger partial charge in [-0.1, -0.05) is 22.9 Å². The normalized spacial score (nSPS) is 15.5. The smallest absolute Gasteiger partial charge is 0.270 e. The Morgan fingerprint density at radius 2 is 2.08 bits per heavy atom. The van der Waals surface area contributed by atoms with Gasteiger partial charge in [-0.2, -0.15) is 0 Å². The topological polar surface area (TPSA) is 56.0 Å². The molecule has 0 radical (unpaired) electrons. The van der Waals surface area contributed by atoms with Gasteiger partial charge in [0.15, 0.2) is 0 Å². The molecule has 2 aromatic heterocycles. The molecule has 0 unspecified atom stereocenters. The molecule has 2 aromatic rings. The van der Waals surface area contributed by atoms with E-state index in [9.17, 15) is 4.79 Å². The maximum atomic E-state index is 12.7. The zero-order chi connectivity index (χ0) is 17.3. The van der Waals surface area contributed by atoms with Crippen molar-refractivity contribution >= 4 is 23.1 Å². The SMILES string of the molecule is CC(C)n1cc(C2=CCCN(C(=O)c3cc(Cl)cn3C)CC2)nn1. The molecule has 0 aliphatic carbocycles.